The summed E-state index contributed by atoms with van der Waals surface area (Å²) in [4.78, 5) is 29.6. The molecule has 5 nitrogen and oxygen atoms in total. The highest BCUT2D eigenvalue weighted by molar-refractivity contribution is 8.04. The first-order chi connectivity index (χ1) is 17.4. The van der Waals surface area contributed by atoms with E-state index in [0.29, 0.717) is 30.2 Å². The number of hydrogen-bond acceptors (Lipinski definition) is 4. The van der Waals surface area contributed by atoms with Crippen LogP contribution in [-0.2, 0) is 16.1 Å². The highest BCUT2D eigenvalue weighted by Gasteiger charge is 2.29. The molecule has 3 aromatic carbocycles. The average molecular weight is 501 g/mol. The van der Waals surface area contributed by atoms with Gasteiger partial charge in [0.25, 0.3) is 11.8 Å². The van der Waals surface area contributed by atoms with Gasteiger partial charge in [0.15, 0.2) is 0 Å². The minimum atomic E-state index is -0.111. The molecule has 0 fully saturated rings. The number of hydrogen-bond donors (Lipinski definition) is 1. The molecule has 0 saturated heterocycles. The van der Waals surface area contributed by atoms with Crippen LogP contribution in [0.5, 0.6) is 0 Å². The van der Waals surface area contributed by atoms with Crippen molar-refractivity contribution >= 4 is 35.3 Å². The topological polar surface area (TPSA) is 58.6 Å². The van der Waals surface area contributed by atoms with E-state index in [1.807, 2.05) is 73.4 Å². The molecule has 0 spiro atoms. The van der Waals surface area contributed by atoms with Gasteiger partial charge in [0.05, 0.1) is 23.2 Å². The number of nitrogens with one attached hydrogen (secondary N) is 1. The van der Waals surface area contributed by atoms with Gasteiger partial charge in [-0.05, 0) is 74.2 Å². The van der Waals surface area contributed by atoms with Crippen molar-refractivity contribution in [3.05, 3.63) is 100.0 Å². The molecule has 0 atom stereocenters. The van der Waals surface area contributed by atoms with Crippen LogP contribution in [0.4, 0.5) is 5.69 Å². The lowest BCUT2D eigenvalue weighted by Crippen LogP contribution is -2.33. The molecule has 0 saturated carbocycles. The third kappa shape index (κ3) is 6.45. The highest BCUT2D eigenvalue weighted by atomic mass is 32.2. The number of carbonyl (C=O) groups excluding carboxylic acids is 2. The molecule has 0 radical (unpaired) electrons. The van der Waals surface area contributed by atoms with Crippen LogP contribution in [0.2, 0.25) is 0 Å². The Balaban J connectivity index is 1.48. The van der Waals surface area contributed by atoms with Crippen LogP contribution in [0, 0.1) is 6.92 Å². The summed E-state index contributed by atoms with van der Waals surface area (Å²) in [6.45, 7) is 7.77. The van der Waals surface area contributed by atoms with Crippen molar-refractivity contribution in [2.75, 3.05) is 18.1 Å². The Morgan fingerprint density at radius 3 is 2.50 bits per heavy atom. The molecule has 1 heterocycles. The number of aryl methyl sites for hydroxylation is 1. The summed E-state index contributed by atoms with van der Waals surface area (Å²) in [6.07, 6.45) is 2.87. The molecule has 1 aliphatic heterocycles. The highest BCUT2D eigenvalue weighted by Crippen LogP contribution is 2.42. The second-order valence-corrected chi connectivity index (χ2v) is 10.1. The summed E-state index contributed by atoms with van der Waals surface area (Å²) in [5.74, 6) is -0.132. The van der Waals surface area contributed by atoms with Gasteiger partial charge in [0.2, 0.25) is 0 Å². The molecule has 0 bridgehead atoms. The molecular weight excluding hydrogens is 468 g/mol. The Morgan fingerprint density at radius 1 is 1.03 bits per heavy atom. The largest absolute Gasteiger partial charge is 0.379 e. The van der Waals surface area contributed by atoms with E-state index in [1.165, 1.54) is 11.8 Å². The maximum absolute atomic E-state index is 13.6. The number of nitrogens with zero attached hydrogens (tertiary/aromatic N) is 1. The van der Waals surface area contributed by atoms with Gasteiger partial charge in [-0.1, -0.05) is 60.3 Å². The summed E-state index contributed by atoms with van der Waals surface area (Å²) in [5.41, 5.74) is 4.68. The monoisotopic (exact) mass is 500 g/mol. The maximum Gasteiger partial charge on any atom is 0.265 e. The molecule has 4 rings (SSSR count). The third-order valence-corrected chi connectivity index (χ3v) is 7.03. The summed E-state index contributed by atoms with van der Waals surface area (Å²) in [5, 5.41) is 2.93. The number of para-hydroxylation sites is 1. The Hall–Kier alpha value is -3.35. The molecule has 1 aliphatic rings. The van der Waals surface area contributed by atoms with E-state index in [4.69, 9.17) is 4.74 Å². The average Bonchev–Trinajstić information content (AvgIpc) is 2.87. The van der Waals surface area contributed by atoms with E-state index in [2.05, 4.69) is 24.4 Å². The minimum Gasteiger partial charge on any atom is -0.379 e. The number of rotatable bonds is 9. The summed E-state index contributed by atoms with van der Waals surface area (Å²) in [6, 6.07) is 23.5. The number of thioether (sulfide) groups is 1. The number of carbonyl (C=O) groups is 2. The van der Waals surface area contributed by atoms with Crippen molar-refractivity contribution < 1.29 is 14.3 Å². The lowest BCUT2D eigenvalue weighted by molar-refractivity contribution is -0.114. The normalized spacial score (nSPS) is 14.3. The standard InChI is InChI=1S/C30H32N2O3S/c1-21(2)35-18-8-17-31-29(33)24-15-13-23(14-16-24)19-28-30(34)32(20-25-10-5-4-9-22(25)3)26-11-6-7-12-27(26)36-28/h4-7,9-16,19,21H,8,17-18,20H2,1-3H3,(H,31,33)/b28-19+. The van der Waals surface area contributed by atoms with Gasteiger partial charge in [-0.3, -0.25) is 9.59 Å². The fourth-order valence-electron chi connectivity index (χ4n) is 3.95. The van der Waals surface area contributed by atoms with Crippen molar-refractivity contribution in [1.82, 2.24) is 5.32 Å². The lowest BCUT2D eigenvalue weighted by Gasteiger charge is -2.31. The van der Waals surface area contributed by atoms with Gasteiger partial charge in [0, 0.05) is 23.6 Å². The molecule has 2 amide bonds. The number of anilines is 1. The molecule has 1 N–H and O–H groups in total. The maximum atomic E-state index is 13.6. The Labute approximate surface area is 217 Å². The number of ether oxygens (including phenoxy) is 1. The molecule has 0 unspecified atom stereocenters. The summed E-state index contributed by atoms with van der Waals surface area (Å²) in [7, 11) is 0. The quantitative estimate of drug-likeness (QED) is 0.280. The van der Waals surface area contributed by atoms with E-state index in [0.717, 1.165) is 33.7 Å². The Kier molecular flexibility index (Phi) is 8.62. The molecular formula is C30H32N2O3S. The van der Waals surface area contributed by atoms with Crippen LogP contribution in [0.25, 0.3) is 6.08 Å². The smallest absolute Gasteiger partial charge is 0.265 e. The first kappa shape index (κ1) is 25.7. The predicted octanol–water partition coefficient (Wildman–Crippen LogP) is 6.22. The minimum absolute atomic E-state index is 0.0209. The van der Waals surface area contributed by atoms with Crippen molar-refractivity contribution in [3.63, 3.8) is 0 Å². The first-order valence-corrected chi connectivity index (χ1v) is 13.1. The molecule has 186 valence electrons. The Morgan fingerprint density at radius 2 is 1.75 bits per heavy atom. The summed E-state index contributed by atoms with van der Waals surface area (Å²) < 4.78 is 5.50. The van der Waals surface area contributed by atoms with Crippen molar-refractivity contribution in [1.29, 1.82) is 0 Å². The fraction of sp³-hybridized carbons (Fsp3) is 0.267. The van der Waals surface area contributed by atoms with Gasteiger partial charge in [-0.15, -0.1) is 0 Å². The molecule has 36 heavy (non-hydrogen) atoms. The van der Waals surface area contributed by atoms with Crippen molar-refractivity contribution in [3.8, 4) is 0 Å². The van der Waals surface area contributed by atoms with E-state index in [9.17, 15) is 9.59 Å². The van der Waals surface area contributed by atoms with Crippen LogP contribution in [0.15, 0.2) is 82.6 Å². The van der Waals surface area contributed by atoms with Gasteiger partial charge >= 0.3 is 0 Å². The summed E-state index contributed by atoms with van der Waals surface area (Å²) >= 11 is 1.49. The zero-order valence-electron chi connectivity index (χ0n) is 21.0. The van der Waals surface area contributed by atoms with Crippen molar-refractivity contribution in [2.45, 2.75) is 44.7 Å². The van der Waals surface area contributed by atoms with E-state index in [1.54, 1.807) is 12.1 Å². The van der Waals surface area contributed by atoms with E-state index >= 15 is 0 Å². The zero-order valence-corrected chi connectivity index (χ0v) is 21.8. The number of amides is 2. The van der Waals surface area contributed by atoms with Gasteiger partial charge in [-0.2, -0.15) is 0 Å². The van der Waals surface area contributed by atoms with Crippen LogP contribution in [0.1, 0.15) is 47.3 Å². The lowest BCUT2D eigenvalue weighted by atomic mass is 10.1. The molecule has 6 heteroatoms. The van der Waals surface area contributed by atoms with Crippen LogP contribution < -0.4 is 10.2 Å². The van der Waals surface area contributed by atoms with Gasteiger partial charge in [-0.25, -0.2) is 0 Å². The third-order valence-electron chi connectivity index (χ3n) is 5.95. The molecule has 0 aromatic heterocycles. The second kappa shape index (κ2) is 12.1. The molecule has 3 aromatic rings. The zero-order chi connectivity index (χ0) is 25.5. The van der Waals surface area contributed by atoms with Gasteiger partial charge in [0.1, 0.15) is 0 Å². The number of fused-ring (bicyclic) bond motifs is 1. The Bertz CT molecular complexity index is 1250. The van der Waals surface area contributed by atoms with Crippen molar-refractivity contribution in [2.24, 2.45) is 0 Å². The SMILES string of the molecule is Cc1ccccc1CN1C(=O)/C(=C\c2ccc(C(=O)NCCCOC(C)C)cc2)Sc2ccccc21. The van der Waals surface area contributed by atoms with Crippen LogP contribution >= 0.6 is 11.8 Å². The molecule has 0 aliphatic carbocycles. The van der Waals surface area contributed by atoms with Gasteiger partial charge < -0.3 is 15.0 Å². The first-order valence-electron chi connectivity index (χ1n) is 12.3. The van der Waals surface area contributed by atoms with Crippen LogP contribution in [-0.4, -0.2) is 31.1 Å². The van der Waals surface area contributed by atoms with Crippen LogP contribution in [0.3, 0.4) is 0 Å². The predicted molar refractivity (Wildman–Crippen MR) is 147 cm³/mol. The number of benzene rings is 3. The van der Waals surface area contributed by atoms with E-state index in [-0.39, 0.29) is 17.9 Å². The fourth-order valence-corrected chi connectivity index (χ4v) is 5.01. The van der Waals surface area contributed by atoms with E-state index < -0.39 is 0 Å². The second-order valence-electron chi connectivity index (χ2n) is 9.05.